The Kier molecular flexibility index (Phi) is 4.48. The molecule has 1 aliphatic carbocycles. The molecule has 1 aromatic carbocycles. The lowest BCUT2D eigenvalue weighted by molar-refractivity contribution is -0.117. The predicted octanol–water partition coefficient (Wildman–Crippen LogP) is 4.05. The highest BCUT2D eigenvalue weighted by molar-refractivity contribution is 7.15. The number of halogens is 1. The normalized spacial score (nSPS) is 14.0. The minimum Gasteiger partial charge on any atom is -0.326 e. The molecule has 0 atom stereocenters. The Morgan fingerprint density at radius 2 is 2.04 bits per heavy atom. The summed E-state index contributed by atoms with van der Waals surface area (Å²) in [6.07, 6.45) is 6.78. The molecule has 132 valence electrons. The predicted molar refractivity (Wildman–Crippen MR) is 104 cm³/mol. The van der Waals surface area contributed by atoms with Crippen LogP contribution in [-0.4, -0.2) is 21.2 Å². The van der Waals surface area contributed by atoms with Gasteiger partial charge >= 0.3 is 0 Å². The number of nitrogens with zero attached hydrogens (tertiary/aromatic N) is 2. The zero-order valence-corrected chi connectivity index (χ0v) is 15.2. The van der Waals surface area contributed by atoms with Gasteiger partial charge in [0, 0.05) is 34.9 Å². The van der Waals surface area contributed by atoms with Crippen LogP contribution >= 0.6 is 22.9 Å². The van der Waals surface area contributed by atoms with Gasteiger partial charge in [-0.25, -0.2) is 4.98 Å². The molecule has 8 heteroatoms. The third-order valence-corrected chi connectivity index (χ3v) is 5.03. The fourth-order valence-electron chi connectivity index (χ4n) is 2.53. The van der Waals surface area contributed by atoms with Gasteiger partial charge in [0.05, 0.1) is 5.69 Å². The van der Waals surface area contributed by atoms with Gasteiger partial charge in [0.15, 0.2) is 10.1 Å². The number of hydrogen-bond acceptors (Lipinski definition) is 4. The zero-order chi connectivity index (χ0) is 18.1. The minimum atomic E-state index is -0.295. The summed E-state index contributed by atoms with van der Waals surface area (Å²) in [6, 6.07) is 7.08. The minimum absolute atomic E-state index is 0.0310. The van der Waals surface area contributed by atoms with Crippen molar-refractivity contribution in [2.75, 3.05) is 10.6 Å². The third-order valence-electron chi connectivity index (χ3n) is 3.99. The molecule has 2 N–H and O–H groups in total. The molecule has 0 saturated heterocycles. The Morgan fingerprint density at radius 1 is 1.27 bits per heavy atom. The number of carbonyl (C=O) groups excluding carboxylic acids is 2. The smallest absolute Gasteiger partial charge is 0.248 e. The highest BCUT2D eigenvalue weighted by Crippen LogP contribution is 2.30. The number of carbonyl (C=O) groups is 2. The van der Waals surface area contributed by atoms with E-state index in [-0.39, 0.29) is 17.7 Å². The number of amides is 2. The number of hydrogen-bond donors (Lipinski definition) is 2. The zero-order valence-electron chi connectivity index (χ0n) is 13.6. The van der Waals surface area contributed by atoms with Crippen molar-refractivity contribution in [3.63, 3.8) is 0 Å². The summed E-state index contributed by atoms with van der Waals surface area (Å²) < 4.78 is 1.82. The van der Waals surface area contributed by atoms with Crippen molar-refractivity contribution in [1.82, 2.24) is 9.38 Å². The first kappa shape index (κ1) is 16.8. The number of fused-ring (bicyclic) bond motifs is 1. The lowest BCUT2D eigenvalue weighted by Crippen LogP contribution is -2.14. The Balaban J connectivity index is 1.43. The first-order chi connectivity index (χ1) is 12.6. The van der Waals surface area contributed by atoms with E-state index < -0.39 is 0 Å². The van der Waals surface area contributed by atoms with Crippen LogP contribution in [-0.2, 0) is 9.59 Å². The molecule has 1 aliphatic rings. The van der Waals surface area contributed by atoms with Gasteiger partial charge in [0.25, 0.3) is 0 Å². The van der Waals surface area contributed by atoms with Crippen molar-refractivity contribution in [3.05, 3.63) is 52.8 Å². The van der Waals surface area contributed by atoms with Crippen LogP contribution in [0.3, 0.4) is 0 Å². The third kappa shape index (κ3) is 3.63. The van der Waals surface area contributed by atoms with Crippen molar-refractivity contribution < 1.29 is 9.59 Å². The van der Waals surface area contributed by atoms with Gasteiger partial charge in [-0.1, -0.05) is 17.7 Å². The fraction of sp³-hybridized carbons (Fsp3) is 0.167. The van der Waals surface area contributed by atoms with Crippen molar-refractivity contribution >= 4 is 57.2 Å². The Bertz CT molecular complexity index is 1020. The first-order valence-corrected chi connectivity index (χ1v) is 9.37. The Morgan fingerprint density at radius 3 is 2.81 bits per heavy atom. The number of rotatable bonds is 5. The van der Waals surface area contributed by atoms with Gasteiger partial charge in [-0.3, -0.25) is 14.0 Å². The summed E-state index contributed by atoms with van der Waals surface area (Å²) in [5.74, 6) is -0.133. The Labute approximate surface area is 158 Å². The number of nitrogens with one attached hydrogen (secondary N) is 2. The first-order valence-electron chi connectivity index (χ1n) is 8.11. The van der Waals surface area contributed by atoms with E-state index >= 15 is 0 Å². The highest BCUT2D eigenvalue weighted by atomic mass is 35.5. The maximum atomic E-state index is 12.2. The molecule has 1 fully saturated rings. The van der Waals surface area contributed by atoms with Crippen LogP contribution in [0.2, 0.25) is 5.15 Å². The highest BCUT2D eigenvalue weighted by Gasteiger charge is 2.29. The van der Waals surface area contributed by atoms with Gasteiger partial charge in [0.2, 0.25) is 11.8 Å². The average Bonchev–Trinajstić information content (AvgIpc) is 3.29. The molecule has 0 radical (unpaired) electrons. The number of thiazole rings is 1. The molecule has 6 nitrogen and oxygen atoms in total. The van der Waals surface area contributed by atoms with Crippen LogP contribution in [0, 0.1) is 5.92 Å². The molecular weight excluding hydrogens is 372 g/mol. The van der Waals surface area contributed by atoms with E-state index in [1.165, 1.54) is 17.4 Å². The molecule has 4 rings (SSSR count). The topological polar surface area (TPSA) is 75.5 Å². The van der Waals surface area contributed by atoms with E-state index in [1.807, 2.05) is 16.0 Å². The van der Waals surface area contributed by atoms with Crippen molar-refractivity contribution in [3.8, 4) is 0 Å². The number of benzene rings is 1. The summed E-state index contributed by atoms with van der Waals surface area (Å²) in [5.41, 5.74) is 1.93. The molecule has 2 aromatic heterocycles. The molecular formula is C18H15ClN4O2S. The lowest BCUT2D eigenvalue weighted by Gasteiger charge is -2.07. The molecule has 1 saturated carbocycles. The van der Waals surface area contributed by atoms with Crippen molar-refractivity contribution in [1.29, 1.82) is 0 Å². The van der Waals surface area contributed by atoms with Gasteiger partial charge in [-0.05, 0) is 37.1 Å². The monoisotopic (exact) mass is 386 g/mol. The summed E-state index contributed by atoms with van der Waals surface area (Å²) in [4.78, 5) is 29.0. The van der Waals surface area contributed by atoms with Crippen LogP contribution in [0.4, 0.5) is 11.4 Å². The van der Waals surface area contributed by atoms with E-state index in [2.05, 4.69) is 15.6 Å². The van der Waals surface area contributed by atoms with E-state index in [0.717, 1.165) is 17.8 Å². The van der Waals surface area contributed by atoms with Crippen LogP contribution in [0.5, 0.6) is 0 Å². The second kappa shape index (κ2) is 6.93. The molecule has 3 aromatic rings. The number of aromatic nitrogens is 2. The number of anilines is 2. The van der Waals surface area contributed by atoms with E-state index in [9.17, 15) is 9.59 Å². The molecule has 26 heavy (non-hydrogen) atoms. The van der Waals surface area contributed by atoms with Crippen LogP contribution in [0.25, 0.3) is 11.0 Å². The van der Waals surface area contributed by atoms with Crippen LogP contribution in [0.15, 0.2) is 41.9 Å². The molecule has 2 heterocycles. The second-order valence-electron chi connectivity index (χ2n) is 6.01. The van der Waals surface area contributed by atoms with Gasteiger partial charge in [0.1, 0.15) is 0 Å². The van der Waals surface area contributed by atoms with E-state index in [4.69, 9.17) is 11.6 Å². The molecule has 0 aliphatic heterocycles. The lowest BCUT2D eigenvalue weighted by atomic mass is 10.2. The Hall–Kier alpha value is -2.64. The summed E-state index contributed by atoms with van der Waals surface area (Å²) in [7, 11) is 0. The molecule has 2 amide bonds. The van der Waals surface area contributed by atoms with E-state index in [0.29, 0.717) is 22.2 Å². The maximum Gasteiger partial charge on any atom is 0.248 e. The van der Waals surface area contributed by atoms with E-state index in [1.54, 1.807) is 30.3 Å². The van der Waals surface area contributed by atoms with Crippen molar-refractivity contribution in [2.45, 2.75) is 12.8 Å². The van der Waals surface area contributed by atoms with Crippen molar-refractivity contribution in [2.24, 2.45) is 5.92 Å². The SMILES string of the molecule is O=C(/C=C/c1c(Cl)nc2sccn12)Nc1cccc(NC(=O)C2CC2)c1. The largest absolute Gasteiger partial charge is 0.326 e. The summed E-state index contributed by atoms with van der Waals surface area (Å²) >= 11 is 7.57. The van der Waals surface area contributed by atoms with Crippen LogP contribution < -0.4 is 10.6 Å². The van der Waals surface area contributed by atoms with Gasteiger partial charge < -0.3 is 10.6 Å². The van der Waals surface area contributed by atoms with Gasteiger partial charge in [-0.15, -0.1) is 11.3 Å². The van der Waals surface area contributed by atoms with Crippen LogP contribution in [0.1, 0.15) is 18.5 Å². The number of imidazole rings is 1. The molecule has 0 bridgehead atoms. The average molecular weight is 387 g/mol. The molecule has 0 spiro atoms. The summed E-state index contributed by atoms with van der Waals surface area (Å²) in [6.45, 7) is 0. The maximum absolute atomic E-state index is 12.2. The standard InChI is InChI=1S/C18H15ClN4O2S/c19-16-14(23-8-9-26-18(23)22-16)6-7-15(24)20-12-2-1-3-13(10-12)21-17(25)11-4-5-11/h1-3,6-11H,4-5H2,(H,20,24)(H,21,25)/b7-6+. The quantitative estimate of drug-likeness (QED) is 0.649. The second-order valence-corrected chi connectivity index (χ2v) is 7.24. The molecule has 0 unspecified atom stereocenters. The summed E-state index contributed by atoms with van der Waals surface area (Å²) in [5, 5.41) is 7.89. The fourth-order valence-corrected chi connectivity index (χ4v) is 3.53. The van der Waals surface area contributed by atoms with Gasteiger partial charge in [-0.2, -0.15) is 0 Å².